The van der Waals surface area contributed by atoms with Gasteiger partial charge in [0.05, 0.1) is 11.0 Å². The third-order valence-corrected chi connectivity index (χ3v) is 4.54. The molecule has 1 aromatic carbocycles. The maximum Gasteiger partial charge on any atom is 0.178 e. The summed E-state index contributed by atoms with van der Waals surface area (Å²) in [6.07, 6.45) is 1.01. The Bertz CT molecular complexity index is 750. The van der Waals surface area contributed by atoms with Crippen molar-refractivity contribution in [2.75, 3.05) is 0 Å². The summed E-state index contributed by atoms with van der Waals surface area (Å²) in [5.74, 6) is 0. The van der Waals surface area contributed by atoms with E-state index in [1.54, 1.807) is 11.3 Å². The van der Waals surface area contributed by atoms with Gasteiger partial charge in [0.1, 0.15) is 0 Å². The highest BCUT2D eigenvalue weighted by atomic mass is 32.1. The number of hydrogen-bond donors (Lipinski definition) is 1. The molecule has 0 saturated carbocycles. The molecule has 19 heavy (non-hydrogen) atoms. The van der Waals surface area contributed by atoms with Crippen LogP contribution in [0.25, 0.3) is 11.0 Å². The van der Waals surface area contributed by atoms with Gasteiger partial charge in [-0.05, 0) is 66.5 Å². The first-order valence-electron chi connectivity index (χ1n) is 6.37. The van der Waals surface area contributed by atoms with Crippen molar-refractivity contribution in [2.45, 2.75) is 26.3 Å². The van der Waals surface area contributed by atoms with Gasteiger partial charge in [0, 0.05) is 6.04 Å². The van der Waals surface area contributed by atoms with Crippen LogP contribution >= 0.6 is 23.6 Å². The zero-order chi connectivity index (χ0) is 13.4. The first-order valence-corrected chi connectivity index (χ1v) is 7.73. The molecule has 0 radical (unpaired) electrons. The molecule has 1 N–H and O–H groups in total. The second-order valence-corrected chi connectivity index (χ2v) is 6.12. The number of nitrogens with zero attached hydrogens (tertiary/aromatic N) is 1. The average Bonchev–Trinajstić information content (AvgIpc) is 2.96. The number of hydrogen-bond acceptors (Lipinski definition) is 2. The molecule has 3 aromatic rings. The fraction of sp³-hybridized carbons (Fsp3) is 0.267. The lowest BCUT2D eigenvalue weighted by molar-refractivity contribution is 0.554. The topological polar surface area (TPSA) is 20.7 Å². The molecule has 3 rings (SSSR count). The minimum Gasteiger partial charge on any atom is -0.330 e. The summed E-state index contributed by atoms with van der Waals surface area (Å²) in [6, 6.07) is 8.89. The molecule has 0 fully saturated rings. The predicted octanol–water partition coefficient (Wildman–Crippen LogP) is 4.87. The Hall–Kier alpha value is -1.39. The van der Waals surface area contributed by atoms with Gasteiger partial charge in [0.15, 0.2) is 4.77 Å². The summed E-state index contributed by atoms with van der Waals surface area (Å²) >= 11 is 7.24. The molecule has 0 amide bonds. The van der Waals surface area contributed by atoms with Gasteiger partial charge in [-0.2, -0.15) is 11.3 Å². The second kappa shape index (κ2) is 4.94. The van der Waals surface area contributed by atoms with Crippen molar-refractivity contribution in [3.8, 4) is 0 Å². The predicted molar refractivity (Wildman–Crippen MR) is 84.6 cm³/mol. The lowest BCUT2D eigenvalue weighted by Crippen LogP contribution is -2.07. The standard InChI is InChI=1S/C15H16N2S2/c1-10-4-3-5-13-14(10)16-15(18)17(13)11(2)8-12-6-7-19-9-12/h3-7,9,11H,8H2,1-2H3,(H,16,18). The lowest BCUT2D eigenvalue weighted by Gasteiger charge is -2.14. The van der Waals surface area contributed by atoms with Crippen LogP contribution in [-0.4, -0.2) is 9.55 Å². The molecule has 0 bridgehead atoms. The largest absolute Gasteiger partial charge is 0.330 e. The number of H-pyrrole nitrogens is 1. The average molecular weight is 288 g/mol. The van der Waals surface area contributed by atoms with Gasteiger partial charge in [-0.1, -0.05) is 12.1 Å². The fourth-order valence-electron chi connectivity index (χ4n) is 2.57. The summed E-state index contributed by atoms with van der Waals surface area (Å²) in [5.41, 5.74) is 4.98. The summed E-state index contributed by atoms with van der Waals surface area (Å²) in [5, 5.41) is 4.33. The third kappa shape index (κ3) is 2.26. The van der Waals surface area contributed by atoms with Crippen LogP contribution in [0.3, 0.4) is 0 Å². The first kappa shape index (κ1) is 12.6. The van der Waals surface area contributed by atoms with E-state index in [4.69, 9.17) is 12.2 Å². The highest BCUT2D eigenvalue weighted by Gasteiger charge is 2.12. The van der Waals surface area contributed by atoms with E-state index < -0.39 is 0 Å². The Morgan fingerprint density at radius 2 is 2.21 bits per heavy atom. The SMILES string of the molecule is Cc1cccc2c1[nH]c(=S)n2C(C)Cc1ccsc1. The van der Waals surface area contributed by atoms with Crippen LogP contribution in [-0.2, 0) is 6.42 Å². The van der Waals surface area contributed by atoms with Crippen molar-refractivity contribution in [2.24, 2.45) is 0 Å². The smallest absolute Gasteiger partial charge is 0.178 e. The highest BCUT2D eigenvalue weighted by Crippen LogP contribution is 2.24. The van der Waals surface area contributed by atoms with Crippen molar-refractivity contribution in [1.82, 2.24) is 9.55 Å². The van der Waals surface area contributed by atoms with Crippen LogP contribution in [0.5, 0.6) is 0 Å². The minimum absolute atomic E-state index is 0.359. The molecular weight excluding hydrogens is 272 g/mol. The van der Waals surface area contributed by atoms with Crippen molar-refractivity contribution in [3.05, 3.63) is 50.9 Å². The van der Waals surface area contributed by atoms with Gasteiger partial charge < -0.3 is 9.55 Å². The molecule has 1 unspecified atom stereocenters. The van der Waals surface area contributed by atoms with Gasteiger partial charge >= 0.3 is 0 Å². The molecule has 0 aliphatic carbocycles. The number of thiophene rings is 1. The van der Waals surface area contributed by atoms with E-state index >= 15 is 0 Å². The Morgan fingerprint density at radius 3 is 2.95 bits per heavy atom. The van der Waals surface area contributed by atoms with E-state index in [0.29, 0.717) is 6.04 Å². The number of imidazole rings is 1. The quantitative estimate of drug-likeness (QED) is 0.682. The number of aromatic amines is 1. The van der Waals surface area contributed by atoms with Crippen molar-refractivity contribution >= 4 is 34.6 Å². The zero-order valence-corrected chi connectivity index (χ0v) is 12.6. The molecule has 0 aliphatic rings. The number of aromatic nitrogens is 2. The van der Waals surface area contributed by atoms with Gasteiger partial charge in [-0.3, -0.25) is 0 Å². The van der Waals surface area contributed by atoms with Crippen molar-refractivity contribution in [3.63, 3.8) is 0 Å². The number of fused-ring (bicyclic) bond motifs is 1. The fourth-order valence-corrected chi connectivity index (χ4v) is 3.63. The first-order chi connectivity index (χ1) is 9.16. The molecule has 0 saturated heterocycles. The van der Waals surface area contributed by atoms with E-state index in [9.17, 15) is 0 Å². The number of rotatable bonds is 3. The van der Waals surface area contributed by atoms with E-state index in [-0.39, 0.29) is 0 Å². The van der Waals surface area contributed by atoms with Crippen LogP contribution in [0.1, 0.15) is 24.1 Å². The third-order valence-electron chi connectivity index (χ3n) is 3.51. The van der Waals surface area contributed by atoms with Crippen molar-refractivity contribution in [1.29, 1.82) is 0 Å². The molecule has 98 valence electrons. The van der Waals surface area contributed by atoms with Gasteiger partial charge in [-0.25, -0.2) is 0 Å². The summed E-state index contributed by atoms with van der Waals surface area (Å²) < 4.78 is 3.04. The summed E-state index contributed by atoms with van der Waals surface area (Å²) in [7, 11) is 0. The molecule has 2 nitrogen and oxygen atoms in total. The number of benzene rings is 1. The monoisotopic (exact) mass is 288 g/mol. The molecule has 1 atom stereocenters. The Kier molecular flexibility index (Phi) is 3.29. The van der Waals surface area contributed by atoms with E-state index in [2.05, 4.69) is 58.4 Å². The molecule has 0 spiro atoms. The van der Waals surface area contributed by atoms with Crippen molar-refractivity contribution < 1.29 is 0 Å². The van der Waals surface area contributed by atoms with Gasteiger partial charge in [0.2, 0.25) is 0 Å². The molecular formula is C15H16N2S2. The van der Waals surface area contributed by atoms with Crippen LogP contribution < -0.4 is 0 Å². The number of aryl methyl sites for hydroxylation is 1. The van der Waals surface area contributed by atoms with E-state index in [1.807, 2.05) is 0 Å². The van der Waals surface area contributed by atoms with Crippen LogP contribution in [0, 0.1) is 11.7 Å². The maximum atomic E-state index is 5.49. The molecule has 2 aromatic heterocycles. The molecule has 4 heteroatoms. The molecule has 0 aliphatic heterocycles. The van der Waals surface area contributed by atoms with Crippen LogP contribution in [0.4, 0.5) is 0 Å². The Labute approximate surface area is 121 Å². The van der Waals surface area contributed by atoms with Gasteiger partial charge in [-0.15, -0.1) is 0 Å². The maximum absolute atomic E-state index is 5.49. The normalized spacial score (nSPS) is 12.9. The van der Waals surface area contributed by atoms with E-state index in [1.165, 1.54) is 16.6 Å². The number of nitrogens with one attached hydrogen (secondary N) is 1. The lowest BCUT2D eigenvalue weighted by atomic mass is 10.1. The second-order valence-electron chi connectivity index (χ2n) is 4.95. The summed E-state index contributed by atoms with van der Waals surface area (Å²) in [6.45, 7) is 4.34. The number of para-hydroxylation sites is 1. The Balaban J connectivity index is 2.07. The zero-order valence-electron chi connectivity index (χ0n) is 11.0. The van der Waals surface area contributed by atoms with Gasteiger partial charge in [0.25, 0.3) is 0 Å². The Morgan fingerprint density at radius 1 is 1.37 bits per heavy atom. The summed E-state index contributed by atoms with van der Waals surface area (Å²) in [4.78, 5) is 3.34. The minimum atomic E-state index is 0.359. The highest BCUT2D eigenvalue weighted by molar-refractivity contribution is 7.71. The van der Waals surface area contributed by atoms with Crippen LogP contribution in [0.15, 0.2) is 35.0 Å². The van der Waals surface area contributed by atoms with Crippen LogP contribution in [0.2, 0.25) is 0 Å². The molecule has 2 heterocycles. The van der Waals surface area contributed by atoms with E-state index in [0.717, 1.165) is 16.7 Å².